The predicted molar refractivity (Wildman–Crippen MR) is 75.4 cm³/mol. The molecule has 0 aromatic carbocycles. The number of rotatable bonds is 2. The van der Waals surface area contributed by atoms with Gasteiger partial charge in [0.15, 0.2) is 5.41 Å². The third-order valence-electron chi connectivity index (χ3n) is 3.84. The number of nitrogens with two attached hydrogens (primary N) is 1. The van der Waals surface area contributed by atoms with E-state index in [4.69, 9.17) is 10.5 Å². The van der Waals surface area contributed by atoms with Crippen LogP contribution in [0.5, 0.6) is 0 Å². The van der Waals surface area contributed by atoms with Gasteiger partial charge in [-0.3, -0.25) is 14.4 Å². The summed E-state index contributed by atoms with van der Waals surface area (Å²) in [6, 6.07) is 0. The van der Waals surface area contributed by atoms with Gasteiger partial charge in [-0.25, -0.2) is 0 Å². The number of nitrogens with zero attached hydrogens (tertiary/aromatic N) is 1. The Morgan fingerprint density at radius 3 is 2.33 bits per heavy atom. The van der Waals surface area contributed by atoms with Gasteiger partial charge in [-0.2, -0.15) is 0 Å². The zero-order valence-corrected chi connectivity index (χ0v) is 13.2. The van der Waals surface area contributed by atoms with Crippen LogP contribution in [0.15, 0.2) is 0 Å². The van der Waals surface area contributed by atoms with Crippen LogP contribution < -0.4 is 5.73 Å². The maximum absolute atomic E-state index is 12.5. The minimum absolute atomic E-state index is 0.0413. The number of ether oxygens (including phenoxy) is 1. The minimum atomic E-state index is -2.08. The third kappa shape index (κ3) is 2.88. The number of likely N-dealkylation sites (N-methyl/N-ethyl adjacent to an activating group) is 1. The van der Waals surface area contributed by atoms with E-state index < -0.39 is 34.4 Å². The molecule has 1 heterocycles. The maximum atomic E-state index is 12.5. The number of hydrogen-bond donors (Lipinski definition) is 2. The fourth-order valence-electron chi connectivity index (χ4n) is 2.62. The minimum Gasteiger partial charge on any atom is -0.480 e. The van der Waals surface area contributed by atoms with Gasteiger partial charge in [0.25, 0.3) is 0 Å². The quantitative estimate of drug-likeness (QED) is 0.563. The number of aliphatic carboxylic acids is 1. The molecular formula is C14H24N2O5. The molecule has 21 heavy (non-hydrogen) atoms. The van der Waals surface area contributed by atoms with E-state index in [0.29, 0.717) is 13.0 Å². The highest BCUT2D eigenvalue weighted by Crippen LogP contribution is 2.41. The first-order valence-corrected chi connectivity index (χ1v) is 6.87. The Hall–Kier alpha value is -1.63. The van der Waals surface area contributed by atoms with Crippen LogP contribution in [0.2, 0.25) is 0 Å². The van der Waals surface area contributed by atoms with Crippen LogP contribution in [-0.4, -0.2) is 52.6 Å². The molecule has 0 radical (unpaired) electrons. The summed E-state index contributed by atoms with van der Waals surface area (Å²) in [6.07, 6.45) is 0.320. The van der Waals surface area contributed by atoms with Gasteiger partial charge < -0.3 is 20.5 Å². The average Bonchev–Trinajstić information content (AvgIpc) is 2.37. The Bertz CT molecular complexity index is 466. The van der Waals surface area contributed by atoms with Crippen LogP contribution in [0.3, 0.4) is 0 Å². The smallest absolute Gasteiger partial charge is 0.326 e. The molecule has 0 spiro atoms. The Labute approximate surface area is 124 Å². The molecule has 1 rings (SSSR count). The fourth-order valence-corrected chi connectivity index (χ4v) is 2.62. The van der Waals surface area contributed by atoms with Gasteiger partial charge in [-0.1, -0.05) is 0 Å². The monoisotopic (exact) mass is 300 g/mol. The number of esters is 1. The summed E-state index contributed by atoms with van der Waals surface area (Å²) in [5.74, 6) is -2.96. The van der Waals surface area contributed by atoms with Gasteiger partial charge in [0.1, 0.15) is 11.1 Å². The zero-order valence-electron chi connectivity index (χ0n) is 13.2. The highest BCUT2D eigenvalue weighted by molar-refractivity contribution is 6.08. The molecule has 120 valence electrons. The van der Waals surface area contributed by atoms with Gasteiger partial charge in [0.05, 0.1) is 0 Å². The Morgan fingerprint density at radius 2 is 1.90 bits per heavy atom. The summed E-state index contributed by atoms with van der Waals surface area (Å²) in [4.78, 5) is 38.2. The van der Waals surface area contributed by atoms with Gasteiger partial charge in [0, 0.05) is 13.6 Å². The average molecular weight is 300 g/mol. The molecule has 0 aromatic rings. The lowest BCUT2D eigenvalue weighted by Gasteiger charge is -2.40. The van der Waals surface area contributed by atoms with E-state index in [0.717, 1.165) is 0 Å². The molecule has 7 heteroatoms. The van der Waals surface area contributed by atoms with Gasteiger partial charge >= 0.3 is 11.9 Å². The summed E-state index contributed by atoms with van der Waals surface area (Å²) in [5.41, 5.74) is 1.22. The summed E-state index contributed by atoms with van der Waals surface area (Å²) in [6.45, 7) is 6.55. The molecular weight excluding hydrogens is 276 g/mol. The molecule has 2 atom stereocenters. The second kappa shape index (κ2) is 5.29. The van der Waals surface area contributed by atoms with Crippen molar-refractivity contribution in [3.8, 4) is 0 Å². The highest BCUT2D eigenvalue weighted by Gasteiger charge is 2.64. The molecule has 0 bridgehead atoms. The predicted octanol–water partition coefficient (Wildman–Crippen LogP) is 0.369. The van der Waals surface area contributed by atoms with Crippen molar-refractivity contribution in [3.05, 3.63) is 0 Å². The van der Waals surface area contributed by atoms with Crippen LogP contribution in [0.1, 0.15) is 40.5 Å². The first kappa shape index (κ1) is 17.4. The summed E-state index contributed by atoms with van der Waals surface area (Å²) in [7, 11) is 1.54. The Balaban J connectivity index is 3.40. The topological polar surface area (TPSA) is 110 Å². The lowest BCUT2D eigenvalue weighted by molar-refractivity contribution is -0.185. The lowest BCUT2D eigenvalue weighted by Crippen LogP contribution is -2.67. The SMILES string of the molecule is CN1CCC[C@](C(=O)O)(C(=O)OC(C)(C)C)[C@](C)(N)C1=O. The van der Waals surface area contributed by atoms with Crippen molar-refractivity contribution in [2.24, 2.45) is 11.1 Å². The van der Waals surface area contributed by atoms with E-state index in [-0.39, 0.29) is 6.42 Å². The van der Waals surface area contributed by atoms with E-state index >= 15 is 0 Å². The molecule has 0 saturated carbocycles. The van der Waals surface area contributed by atoms with Crippen LogP contribution in [0.4, 0.5) is 0 Å². The van der Waals surface area contributed by atoms with E-state index in [2.05, 4.69) is 0 Å². The molecule has 0 aliphatic carbocycles. The van der Waals surface area contributed by atoms with Crippen molar-refractivity contribution >= 4 is 17.8 Å². The first-order valence-electron chi connectivity index (χ1n) is 6.87. The number of likely N-dealkylation sites (tertiary alicyclic amines) is 1. The molecule has 0 unspecified atom stereocenters. The highest BCUT2D eigenvalue weighted by atomic mass is 16.6. The van der Waals surface area contributed by atoms with Gasteiger partial charge in [0.2, 0.25) is 5.91 Å². The number of carboxylic acids is 1. The van der Waals surface area contributed by atoms with E-state index in [1.807, 2.05) is 0 Å². The first-order chi connectivity index (χ1) is 9.36. The molecule has 7 nitrogen and oxygen atoms in total. The second-order valence-corrected chi connectivity index (χ2v) is 6.74. The number of carboxylic acid groups (broad SMARTS) is 1. The van der Waals surface area contributed by atoms with E-state index in [9.17, 15) is 19.5 Å². The van der Waals surface area contributed by atoms with Crippen LogP contribution in [-0.2, 0) is 19.1 Å². The van der Waals surface area contributed by atoms with Crippen LogP contribution in [0.25, 0.3) is 0 Å². The molecule has 1 aliphatic heterocycles. The Kier molecular flexibility index (Phi) is 4.39. The number of carbonyl (C=O) groups excluding carboxylic acids is 2. The molecule has 1 fully saturated rings. The van der Waals surface area contributed by atoms with E-state index in [1.165, 1.54) is 11.8 Å². The second-order valence-electron chi connectivity index (χ2n) is 6.74. The van der Waals surface area contributed by atoms with Crippen LogP contribution >= 0.6 is 0 Å². The summed E-state index contributed by atoms with van der Waals surface area (Å²) in [5, 5.41) is 9.67. The van der Waals surface area contributed by atoms with Crippen molar-refractivity contribution in [2.75, 3.05) is 13.6 Å². The third-order valence-corrected chi connectivity index (χ3v) is 3.84. The lowest BCUT2D eigenvalue weighted by atomic mass is 9.67. The number of hydrogen-bond acceptors (Lipinski definition) is 5. The number of carbonyl (C=O) groups is 3. The molecule has 0 aromatic heterocycles. The van der Waals surface area contributed by atoms with Crippen molar-refractivity contribution in [1.82, 2.24) is 4.90 Å². The molecule has 1 aliphatic rings. The summed E-state index contributed by atoms with van der Waals surface area (Å²) < 4.78 is 5.25. The van der Waals surface area contributed by atoms with Crippen molar-refractivity contribution in [3.63, 3.8) is 0 Å². The largest absolute Gasteiger partial charge is 0.480 e. The van der Waals surface area contributed by atoms with Crippen molar-refractivity contribution < 1.29 is 24.2 Å². The molecule has 1 amide bonds. The number of amides is 1. The standard InChI is InChI=1S/C14H24N2O5/c1-12(2,3)21-11(20)14(10(18)19)7-6-8-16(5)9(17)13(14,4)15/h6-8,15H2,1-5H3,(H,18,19)/t13-,14+/m1/s1. The molecule has 1 saturated heterocycles. The van der Waals surface area contributed by atoms with Crippen molar-refractivity contribution in [1.29, 1.82) is 0 Å². The Morgan fingerprint density at radius 1 is 1.38 bits per heavy atom. The van der Waals surface area contributed by atoms with Crippen molar-refractivity contribution in [2.45, 2.75) is 51.7 Å². The van der Waals surface area contributed by atoms with Crippen LogP contribution in [0, 0.1) is 5.41 Å². The fraction of sp³-hybridized carbons (Fsp3) is 0.786. The molecule has 3 N–H and O–H groups in total. The zero-order chi connectivity index (χ0) is 16.6. The van der Waals surface area contributed by atoms with E-state index in [1.54, 1.807) is 27.8 Å². The normalized spacial score (nSPS) is 30.8. The maximum Gasteiger partial charge on any atom is 0.326 e. The van der Waals surface area contributed by atoms with Gasteiger partial charge in [-0.05, 0) is 40.5 Å². The summed E-state index contributed by atoms with van der Waals surface area (Å²) >= 11 is 0. The van der Waals surface area contributed by atoms with Gasteiger partial charge in [-0.15, -0.1) is 0 Å².